The lowest BCUT2D eigenvalue weighted by Crippen LogP contribution is -2.16. The molecule has 4 rings (SSSR count). The number of ether oxygens (including phenoxy) is 1. The maximum Gasteiger partial charge on any atom is 0.232 e. The van der Waals surface area contributed by atoms with E-state index >= 15 is 0 Å². The highest BCUT2D eigenvalue weighted by Crippen LogP contribution is 2.47. The van der Waals surface area contributed by atoms with Crippen LogP contribution in [0.15, 0.2) is 18.3 Å². The molecule has 0 saturated heterocycles. The van der Waals surface area contributed by atoms with Crippen LogP contribution < -0.4 is 10.5 Å². The molecule has 1 aliphatic carbocycles. The lowest BCUT2D eigenvalue weighted by molar-refractivity contribution is 0.337. The van der Waals surface area contributed by atoms with Crippen molar-refractivity contribution in [2.45, 2.75) is 31.6 Å². The van der Waals surface area contributed by atoms with Crippen LogP contribution in [0.2, 0.25) is 5.02 Å². The first kappa shape index (κ1) is 15.8. The molecule has 1 aliphatic heterocycles. The molecule has 0 aromatic carbocycles. The van der Waals surface area contributed by atoms with Crippen LogP contribution in [0.4, 0.5) is 4.39 Å². The molecular weight excluding hydrogens is 329 g/mol. The van der Waals surface area contributed by atoms with Gasteiger partial charge in [0.25, 0.3) is 0 Å². The molecule has 4 nitrogen and oxygen atoms in total. The Morgan fingerprint density at radius 1 is 1.46 bits per heavy atom. The number of hydrogen-bond acceptors (Lipinski definition) is 4. The minimum Gasteiger partial charge on any atom is -0.490 e. The van der Waals surface area contributed by atoms with Crippen molar-refractivity contribution in [1.29, 1.82) is 0 Å². The van der Waals surface area contributed by atoms with E-state index in [2.05, 4.69) is 18.0 Å². The average molecular weight is 348 g/mol. The van der Waals surface area contributed by atoms with Gasteiger partial charge >= 0.3 is 0 Å². The highest BCUT2D eigenvalue weighted by molar-refractivity contribution is 6.33. The number of halogens is 2. The summed E-state index contributed by atoms with van der Waals surface area (Å²) in [5, 5.41) is -0.0248. The number of aromatic nitrogens is 2. The van der Waals surface area contributed by atoms with Crippen molar-refractivity contribution in [1.82, 2.24) is 9.97 Å². The van der Waals surface area contributed by atoms with Crippen LogP contribution in [-0.4, -0.2) is 23.1 Å². The second-order valence-corrected chi connectivity index (χ2v) is 7.05. The summed E-state index contributed by atoms with van der Waals surface area (Å²) in [7, 11) is 0. The van der Waals surface area contributed by atoms with E-state index in [1.54, 1.807) is 6.07 Å². The normalized spacial score (nSPS) is 20.6. The van der Waals surface area contributed by atoms with Gasteiger partial charge in [0.15, 0.2) is 0 Å². The third-order valence-corrected chi connectivity index (χ3v) is 5.32. The summed E-state index contributed by atoms with van der Waals surface area (Å²) in [4.78, 5) is 8.40. The molecule has 1 fully saturated rings. The summed E-state index contributed by atoms with van der Waals surface area (Å²) < 4.78 is 19.7. The van der Waals surface area contributed by atoms with Gasteiger partial charge in [0.2, 0.25) is 5.95 Å². The lowest BCUT2D eigenvalue weighted by Gasteiger charge is -2.17. The van der Waals surface area contributed by atoms with Gasteiger partial charge in [0.05, 0.1) is 6.61 Å². The minimum absolute atomic E-state index is 0.0248. The predicted molar refractivity (Wildman–Crippen MR) is 90.9 cm³/mol. The molecule has 6 heteroatoms. The van der Waals surface area contributed by atoms with E-state index in [1.807, 2.05) is 0 Å². The molecule has 0 bridgehead atoms. The van der Waals surface area contributed by atoms with E-state index in [9.17, 15) is 4.39 Å². The van der Waals surface area contributed by atoms with Gasteiger partial charge in [0, 0.05) is 41.4 Å². The fraction of sp³-hybridized carbons (Fsp3) is 0.444. The Labute approximate surface area is 145 Å². The fourth-order valence-electron chi connectivity index (χ4n) is 3.42. The third kappa shape index (κ3) is 2.56. The molecule has 0 radical (unpaired) electrons. The van der Waals surface area contributed by atoms with Gasteiger partial charge in [-0.1, -0.05) is 18.5 Å². The van der Waals surface area contributed by atoms with Crippen LogP contribution in [0.3, 0.4) is 0 Å². The van der Waals surface area contributed by atoms with Crippen molar-refractivity contribution in [3.63, 3.8) is 0 Å². The number of nitrogens with two attached hydrogens (primary N) is 1. The van der Waals surface area contributed by atoms with Crippen molar-refractivity contribution in [2.24, 2.45) is 11.7 Å². The Balaban J connectivity index is 1.91. The highest BCUT2D eigenvalue weighted by Gasteiger charge is 2.35. The highest BCUT2D eigenvalue weighted by atomic mass is 35.5. The van der Waals surface area contributed by atoms with Gasteiger partial charge < -0.3 is 10.5 Å². The van der Waals surface area contributed by atoms with Gasteiger partial charge in [-0.25, -0.2) is 9.97 Å². The molecule has 0 amide bonds. The summed E-state index contributed by atoms with van der Waals surface area (Å²) in [5.74, 6) is 1.09. The van der Waals surface area contributed by atoms with Crippen molar-refractivity contribution < 1.29 is 9.13 Å². The third-order valence-electron chi connectivity index (χ3n) is 4.96. The van der Waals surface area contributed by atoms with E-state index in [4.69, 9.17) is 27.1 Å². The summed E-state index contributed by atoms with van der Waals surface area (Å²) in [6.07, 6.45) is 3.77. The second kappa shape index (κ2) is 5.97. The molecule has 2 aromatic heterocycles. The van der Waals surface area contributed by atoms with Gasteiger partial charge in [-0.3, -0.25) is 0 Å². The maximum atomic E-state index is 13.8. The van der Waals surface area contributed by atoms with E-state index in [1.165, 1.54) is 19.0 Å². The molecule has 1 saturated carbocycles. The molecule has 2 atom stereocenters. The number of nitrogens with zero attached hydrogens (tertiary/aromatic N) is 2. The molecule has 2 aliphatic rings. The first-order valence-electron chi connectivity index (χ1n) is 8.28. The standard InChI is InChI=1S/C18H19ClFN3O/c1-9-8-24-17-12(9)6-14(13(7-21)10-2-3-10)23-16(17)11-4-5-22-18(20)15(11)19/h4-6,9-10,13H,2-3,7-8,21H2,1H3. The Hall–Kier alpha value is -1.72. The molecule has 3 heterocycles. The summed E-state index contributed by atoms with van der Waals surface area (Å²) >= 11 is 6.15. The topological polar surface area (TPSA) is 61.0 Å². The molecule has 24 heavy (non-hydrogen) atoms. The van der Waals surface area contributed by atoms with Gasteiger partial charge in [-0.15, -0.1) is 0 Å². The molecule has 126 valence electrons. The Kier molecular flexibility index (Phi) is 3.93. The number of rotatable bonds is 4. The number of fused-ring (bicyclic) bond motifs is 1. The van der Waals surface area contributed by atoms with Crippen LogP contribution in [0.25, 0.3) is 11.3 Å². The zero-order valence-electron chi connectivity index (χ0n) is 13.4. The van der Waals surface area contributed by atoms with Crippen molar-refractivity contribution in [3.8, 4) is 17.0 Å². The van der Waals surface area contributed by atoms with Crippen LogP contribution in [-0.2, 0) is 0 Å². The SMILES string of the molecule is CC1COc2c1cc(C(CN)C1CC1)nc2-c1ccnc(F)c1Cl. The summed E-state index contributed by atoms with van der Waals surface area (Å²) in [6.45, 7) is 3.27. The Morgan fingerprint density at radius 3 is 2.96 bits per heavy atom. The molecule has 2 N–H and O–H groups in total. The molecule has 0 spiro atoms. The second-order valence-electron chi connectivity index (χ2n) is 6.67. The van der Waals surface area contributed by atoms with Crippen molar-refractivity contribution in [3.05, 3.63) is 40.6 Å². The van der Waals surface area contributed by atoms with Crippen LogP contribution in [0, 0.1) is 11.9 Å². The zero-order valence-corrected chi connectivity index (χ0v) is 14.2. The fourth-order valence-corrected chi connectivity index (χ4v) is 3.62. The first-order valence-corrected chi connectivity index (χ1v) is 8.66. The van der Waals surface area contributed by atoms with Crippen molar-refractivity contribution in [2.75, 3.05) is 13.2 Å². The molecule has 2 unspecified atom stereocenters. The monoisotopic (exact) mass is 347 g/mol. The Bertz CT molecular complexity index is 794. The van der Waals surface area contributed by atoms with Crippen LogP contribution in [0.5, 0.6) is 5.75 Å². The van der Waals surface area contributed by atoms with E-state index in [-0.39, 0.29) is 16.9 Å². The molecule has 2 aromatic rings. The zero-order chi connectivity index (χ0) is 16.8. The maximum absolute atomic E-state index is 13.8. The van der Waals surface area contributed by atoms with E-state index in [0.29, 0.717) is 36.1 Å². The predicted octanol–water partition coefficient (Wildman–Crippen LogP) is 3.88. The summed E-state index contributed by atoms with van der Waals surface area (Å²) in [6, 6.07) is 3.79. The van der Waals surface area contributed by atoms with Gasteiger partial charge in [0.1, 0.15) is 16.5 Å². The van der Waals surface area contributed by atoms with Crippen LogP contribution >= 0.6 is 11.6 Å². The lowest BCUT2D eigenvalue weighted by atomic mass is 9.93. The van der Waals surface area contributed by atoms with Crippen LogP contribution in [0.1, 0.15) is 42.9 Å². The summed E-state index contributed by atoms with van der Waals surface area (Å²) in [5.41, 5.74) is 9.17. The average Bonchev–Trinajstić information content (AvgIpc) is 3.34. The van der Waals surface area contributed by atoms with E-state index in [0.717, 1.165) is 11.3 Å². The van der Waals surface area contributed by atoms with Gasteiger partial charge in [-0.2, -0.15) is 4.39 Å². The first-order chi connectivity index (χ1) is 11.6. The number of hydrogen-bond donors (Lipinski definition) is 1. The molecular formula is C18H19ClFN3O. The van der Waals surface area contributed by atoms with Crippen molar-refractivity contribution >= 4 is 11.6 Å². The quantitative estimate of drug-likeness (QED) is 0.852. The number of pyridine rings is 2. The minimum atomic E-state index is -0.696. The Morgan fingerprint density at radius 2 is 2.25 bits per heavy atom. The smallest absolute Gasteiger partial charge is 0.232 e. The van der Waals surface area contributed by atoms with E-state index < -0.39 is 5.95 Å². The van der Waals surface area contributed by atoms with Gasteiger partial charge in [-0.05, 0) is 30.9 Å². The largest absolute Gasteiger partial charge is 0.490 e.